The minimum atomic E-state index is -0.920. The summed E-state index contributed by atoms with van der Waals surface area (Å²) < 4.78 is 5.32. The van der Waals surface area contributed by atoms with Crippen LogP contribution in [0.3, 0.4) is 0 Å². The molecule has 1 fully saturated rings. The van der Waals surface area contributed by atoms with Crippen LogP contribution >= 0.6 is 0 Å². The Morgan fingerprint density at radius 1 is 1.07 bits per heavy atom. The lowest BCUT2D eigenvalue weighted by molar-refractivity contribution is -0.122. The van der Waals surface area contributed by atoms with Crippen LogP contribution in [0.4, 0.5) is 10.5 Å². The highest BCUT2D eigenvalue weighted by atomic mass is 16.6. The third kappa shape index (κ3) is 5.56. The van der Waals surface area contributed by atoms with Gasteiger partial charge in [-0.05, 0) is 30.5 Å². The number of hydrogen-bond donors (Lipinski definition) is 2. The fourth-order valence-corrected chi connectivity index (χ4v) is 3.34. The van der Waals surface area contributed by atoms with E-state index in [2.05, 4.69) is 5.32 Å². The summed E-state index contributed by atoms with van der Waals surface area (Å²) in [6, 6.07) is 15.3. The average Bonchev–Trinajstić information content (AvgIpc) is 2.71. The number of anilines is 1. The Balaban J connectivity index is 1.48. The number of aryl methyl sites for hydroxylation is 2. The quantitative estimate of drug-likeness (QED) is 0.810. The van der Waals surface area contributed by atoms with Gasteiger partial charge in [0.25, 0.3) is 0 Å². The van der Waals surface area contributed by atoms with Crippen LogP contribution in [-0.4, -0.2) is 59.3 Å². The monoisotopic (exact) mass is 397 g/mol. The van der Waals surface area contributed by atoms with Crippen LogP contribution in [0.15, 0.2) is 48.5 Å². The van der Waals surface area contributed by atoms with Crippen molar-refractivity contribution < 1.29 is 19.4 Å². The lowest BCUT2D eigenvalue weighted by atomic mass is 10.1. The Bertz CT molecular complexity index is 836. The molecule has 0 spiro atoms. The van der Waals surface area contributed by atoms with E-state index in [1.165, 1.54) is 4.90 Å². The number of carbonyl (C=O) groups is 2. The predicted molar refractivity (Wildman–Crippen MR) is 110 cm³/mol. The Labute approximate surface area is 170 Å². The molecule has 2 amide bonds. The molecule has 0 aromatic heterocycles. The van der Waals surface area contributed by atoms with Gasteiger partial charge < -0.3 is 20.1 Å². The van der Waals surface area contributed by atoms with Crippen molar-refractivity contribution in [2.75, 3.05) is 31.5 Å². The first kappa shape index (κ1) is 20.8. The number of amides is 2. The van der Waals surface area contributed by atoms with E-state index in [0.717, 1.165) is 22.4 Å². The first-order chi connectivity index (χ1) is 13.9. The molecule has 7 nitrogen and oxygen atoms in total. The molecule has 1 saturated heterocycles. The summed E-state index contributed by atoms with van der Waals surface area (Å²) in [5.74, 6) is -0.193. The molecule has 0 radical (unpaired) electrons. The zero-order chi connectivity index (χ0) is 20.8. The van der Waals surface area contributed by atoms with E-state index in [-0.39, 0.29) is 25.6 Å². The first-order valence-electron chi connectivity index (χ1n) is 9.68. The molecule has 1 heterocycles. The van der Waals surface area contributed by atoms with Crippen LogP contribution in [0.5, 0.6) is 0 Å². The number of ether oxygens (including phenoxy) is 1. The minimum absolute atomic E-state index is 0.0574. The second kappa shape index (κ2) is 9.54. The van der Waals surface area contributed by atoms with Crippen LogP contribution in [0.1, 0.15) is 16.7 Å². The summed E-state index contributed by atoms with van der Waals surface area (Å²) in [5, 5.41) is 13.3. The molecule has 2 aromatic carbocycles. The van der Waals surface area contributed by atoms with Gasteiger partial charge in [0, 0.05) is 18.8 Å². The molecule has 154 valence electrons. The predicted octanol–water partition coefficient (Wildman–Crippen LogP) is 2.51. The van der Waals surface area contributed by atoms with Crippen LogP contribution in [0, 0.1) is 13.8 Å². The lowest BCUT2D eigenvalue weighted by Gasteiger charge is -2.37. The number of para-hydroxylation sites is 1. The Kier molecular flexibility index (Phi) is 6.85. The molecule has 1 aliphatic heterocycles. The van der Waals surface area contributed by atoms with Gasteiger partial charge in [-0.15, -0.1) is 0 Å². The number of hydrogen-bond acceptors (Lipinski definition) is 5. The third-order valence-electron chi connectivity index (χ3n) is 5.02. The zero-order valence-electron chi connectivity index (χ0n) is 16.8. The second-order valence-corrected chi connectivity index (χ2v) is 7.25. The van der Waals surface area contributed by atoms with E-state index in [1.807, 2.05) is 62.4 Å². The average molecular weight is 397 g/mol. The lowest BCUT2D eigenvalue weighted by Crippen LogP contribution is -2.56. The maximum Gasteiger partial charge on any atom is 0.410 e. The van der Waals surface area contributed by atoms with Gasteiger partial charge in [0.15, 0.2) is 0 Å². The molecule has 0 saturated carbocycles. The normalized spacial score (nSPS) is 17.1. The van der Waals surface area contributed by atoms with Crippen molar-refractivity contribution in [2.45, 2.75) is 26.7 Å². The van der Waals surface area contributed by atoms with E-state index in [4.69, 9.17) is 4.74 Å². The summed E-state index contributed by atoms with van der Waals surface area (Å²) in [5.41, 5.74) is 3.69. The van der Waals surface area contributed by atoms with Crippen molar-refractivity contribution >= 4 is 17.7 Å². The van der Waals surface area contributed by atoms with Crippen molar-refractivity contribution in [3.8, 4) is 0 Å². The maximum atomic E-state index is 12.4. The van der Waals surface area contributed by atoms with Crippen LogP contribution < -0.4 is 5.32 Å². The Hall–Kier alpha value is -2.90. The molecule has 3 rings (SSSR count). The van der Waals surface area contributed by atoms with Crippen molar-refractivity contribution in [1.29, 1.82) is 0 Å². The molecule has 7 heteroatoms. The van der Waals surface area contributed by atoms with Crippen LogP contribution in [-0.2, 0) is 16.1 Å². The van der Waals surface area contributed by atoms with Gasteiger partial charge in [-0.25, -0.2) is 4.79 Å². The van der Waals surface area contributed by atoms with E-state index in [9.17, 15) is 14.7 Å². The molecular formula is C22H27N3O4. The van der Waals surface area contributed by atoms with Crippen molar-refractivity contribution in [3.63, 3.8) is 0 Å². The molecular weight excluding hydrogens is 370 g/mol. The summed E-state index contributed by atoms with van der Waals surface area (Å²) in [7, 11) is 0. The SMILES string of the molecule is Cc1cccc(C)c1NC(=O)CN1CCN(C(=O)OCc2ccccc2)CC1O. The number of piperazine rings is 1. The number of aliphatic hydroxyl groups is 1. The highest BCUT2D eigenvalue weighted by Crippen LogP contribution is 2.19. The van der Waals surface area contributed by atoms with Gasteiger partial charge in [0.1, 0.15) is 12.8 Å². The number of benzene rings is 2. The summed E-state index contributed by atoms with van der Waals surface area (Å²) in [6.45, 7) is 5.01. The molecule has 2 N–H and O–H groups in total. The van der Waals surface area contributed by atoms with Gasteiger partial charge >= 0.3 is 6.09 Å². The van der Waals surface area contributed by atoms with Gasteiger partial charge in [0.2, 0.25) is 5.91 Å². The number of β-amino-alcohol motifs (C(OH)–C–C–N with tert-alkyl or cyclic N) is 1. The highest BCUT2D eigenvalue weighted by molar-refractivity contribution is 5.93. The number of rotatable bonds is 5. The smallest absolute Gasteiger partial charge is 0.410 e. The number of carbonyl (C=O) groups excluding carboxylic acids is 2. The van der Waals surface area contributed by atoms with Gasteiger partial charge in [0.05, 0.1) is 13.1 Å². The molecule has 1 atom stereocenters. The van der Waals surface area contributed by atoms with E-state index in [0.29, 0.717) is 13.1 Å². The Morgan fingerprint density at radius 3 is 2.41 bits per heavy atom. The summed E-state index contributed by atoms with van der Waals surface area (Å²) in [4.78, 5) is 27.8. The molecule has 1 unspecified atom stereocenters. The van der Waals surface area contributed by atoms with Crippen molar-refractivity contribution in [2.24, 2.45) is 0 Å². The fraction of sp³-hybridized carbons (Fsp3) is 0.364. The minimum Gasteiger partial charge on any atom is -0.445 e. The van der Waals surface area contributed by atoms with Gasteiger partial charge in [-0.1, -0.05) is 48.5 Å². The highest BCUT2D eigenvalue weighted by Gasteiger charge is 2.30. The standard InChI is InChI=1S/C22H27N3O4/c1-16-7-6-8-17(2)21(16)23-19(26)13-24-11-12-25(14-20(24)27)22(28)29-15-18-9-4-3-5-10-18/h3-10,20,27H,11-15H2,1-2H3,(H,23,26). The van der Waals surface area contributed by atoms with Crippen molar-refractivity contribution in [1.82, 2.24) is 9.80 Å². The Morgan fingerprint density at radius 2 is 1.76 bits per heavy atom. The van der Waals surface area contributed by atoms with Crippen LogP contribution in [0.25, 0.3) is 0 Å². The van der Waals surface area contributed by atoms with Crippen molar-refractivity contribution in [3.05, 3.63) is 65.2 Å². The topological polar surface area (TPSA) is 82.1 Å². The fourth-order valence-electron chi connectivity index (χ4n) is 3.34. The molecule has 2 aromatic rings. The number of nitrogens with zero attached hydrogens (tertiary/aromatic N) is 2. The molecule has 29 heavy (non-hydrogen) atoms. The summed E-state index contributed by atoms with van der Waals surface area (Å²) in [6.07, 6.45) is -1.38. The second-order valence-electron chi connectivity index (χ2n) is 7.25. The zero-order valence-corrected chi connectivity index (χ0v) is 16.8. The third-order valence-corrected chi connectivity index (χ3v) is 5.02. The summed E-state index contributed by atoms with van der Waals surface area (Å²) >= 11 is 0. The number of aliphatic hydroxyl groups excluding tert-OH is 1. The van der Waals surface area contributed by atoms with E-state index in [1.54, 1.807) is 4.90 Å². The largest absolute Gasteiger partial charge is 0.445 e. The molecule has 0 bridgehead atoms. The van der Waals surface area contributed by atoms with Gasteiger partial charge in [-0.2, -0.15) is 0 Å². The van der Waals surface area contributed by atoms with E-state index >= 15 is 0 Å². The van der Waals surface area contributed by atoms with Gasteiger partial charge in [-0.3, -0.25) is 9.69 Å². The van der Waals surface area contributed by atoms with Crippen LogP contribution in [0.2, 0.25) is 0 Å². The number of nitrogens with one attached hydrogen (secondary N) is 1. The molecule has 1 aliphatic rings. The maximum absolute atomic E-state index is 12.4. The first-order valence-corrected chi connectivity index (χ1v) is 9.68. The molecule has 0 aliphatic carbocycles. The van der Waals surface area contributed by atoms with E-state index < -0.39 is 12.3 Å².